The van der Waals surface area contributed by atoms with Gasteiger partial charge in [0.1, 0.15) is 6.54 Å². The van der Waals surface area contributed by atoms with Crippen LogP contribution in [0.5, 0.6) is 0 Å². The largest absolute Gasteiger partial charge is 0.338 e. The molecular weight excluding hydrogens is 368 g/mol. The number of thioether (sulfide) groups is 1. The Kier molecular flexibility index (Phi) is 5.72. The van der Waals surface area contributed by atoms with Crippen molar-refractivity contribution in [3.05, 3.63) is 59.7 Å². The van der Waals surface area contributed by atoms with Gasteiger partial charge >= 0.3 is 0 Å². The molecule has 0 radical (unpaired) electrons. The molecule has 0 spiro atoms. The maximum atomic E-state index is 13.3. The van der Waals surface area contributed by atoms with Crippen LogP contribution in [0, 0.1) is 0 Å². The van der Waals surface area contributed by atoms with Crippen LogP contribution in [-0.2, 0) is 22.4 Å². The molecule has 0 saturated carbocycles. The van der Waals surface area contributed by atoms with Gasteiger partial charge in [-0.3, -0.25) is 9.59 Å². The van der Waals surface area contributed by atoms with E-state index in [1.54, 1.807) is 16.7 Å². The van der Waals surface area contributed by atoms with Crippen molar-refractivity contribution in [3.63, 3.8) is 0 Å². The van der Waals surface area contributed by atoms with E-state index in [-0.39, 0.29) is 24.4 Å². The van der Waals surface area contributed by atoms with E-state index in [4.69, 9.17) is 0 Å². The Morgan fingerprint density at radius 1 is 1.14 bits per heavy atom. The lowest BCUT2D eigenvalue weighted by Gasteiger charge is -2.37. The van der Waals surface area contributed by atoms with Gasteiger partial charge in [0.05, 0.1) is 11.4 Å². The zero-order valence-electron chi connectivity index (χ0n) is 16.3. The molecule has 4 nitrogen and oxygen atoms in total. The molecule has 1 aliphatic carbocycles. The fourth-order valence-electron chi connectivity index (χ4n) is 4.25. The third-order valence-electron chi connectivity index (χ3n) is 5.65. The lowest BCUT2D eigenvalue weighted by molar-refractivity contribution is -0.133. The number of rotatable bonds is 5. The predicted octanol–water partition coefficient (Wildman–Crippen LogP) is 3.92. The van der Waals surface area contributed by atoms with Crippen LogP contribution in [0.3, 0.4) is 0 Å². The number of hydrogen-bond acceptors (Lipinski definition) is 3. The maximum absolute atomic E-state index is 13.3. The molecule has 0 saturated heterocycles. The number of para-hydroxylation sites is 1. The van der Waals surface area contributed by atoms with Crippen molar-refractivity contribution in [1.29, 1.82) is 0 Å². The summed E-state index contributed by atoms with van der Waals surface area (Å²) in [5.74, 6) is 0.471. The Bertz CT molecular complexity index is 882. The number of carbonyl (C=O) groups is 2. The molecule has 1 atom stereocenters. The van der Waals surface area contributed by atoms with E-state index >= 15 is 0 Å². The summed E-state index contributed by atoms with van der Waals surface area (Å²) in [4.78, 5) is 30.6. The van der Waals surface area contributed by atoms with Crippen LogP contribution < -0.4 is 4.90 Å². The molecule has 0 bridgehead atoms. The number of amides is 2. The van der Waals surface area contributed by atoms with Crippen LogP contribution in [0.25, 0.3) is 0 Å². The van der Waals surface area contributed by atoms with E-state index in [1.807, 2.05) is 29.2 Å². The lowest BCUT2D eigenvalue weighted by Crippen LogP contribution is -2.50. The number of anilines is 1. The van der Waals surface area contributed by atoms with Gasteiger partial charge in [-0.15, -0.1) is 11.8 Å². The second-order valence-electron chi connectivity index (χ2n) is 7.49. The van der Waals surface area contributed by atoms with Crippen LogP contribution >= 0.6 is 11.8 Å². The average Bonchev–Trinajstić information content (AvgIpc) is 2.73. The van der Waals surface area contributed by atoms with Crippen LogP contribution in [0.1, 0.15) is 30.9 Å². The van der Waals surface area contributed by atoms with Gasteiger partial charge in [-0.25, -0.2) is 0 Å². The normalized spacial score (nSPS) is 18.4. The molecule has 2 aliphatic rings. The van der Waals surface area contributed by atoms with Gasteiger partial charge in [0, 0.05) is 17.5 Å². The third kappa shape index (κ3) is 3.81. The number of hydrogen-bond donors (Lipinski definition) is 0. The highest BCUT2D eigenvalue weighted by Crippen LogP contribution is 2.35. The molecule has 1 unspecified atom stereocenters. The van der Waals surface area contributed by atoms with Crippen molar-refractivity contribution < 1.29 is 9.59 Å². The summed E-state index contributed by atoms with van der Waals surface area (Å²) < 4.78 is 0. The Hall–Kier alpha value is -2.27. The first-order chi connectivity index (χ1) is 13.7. The molecule has 28 heavy (non-hydrogen) atoms. The quantitative estimate of drug-likeness (QED) is 0.772. The maximum Gasteiger partial charge on any atom is 0.242 e. The van der Waals surface area contributed by atoms with Gasteiger partial charge in [-0.2, -0.15) is 0 Å². The summed E-state index contributed by atoms with van der Waals surface area (Å²) in [6, 6.07) is 16.6. The summed E-state index contributed by atoms with van der Waals surface area (Å²) in [7, 11) is 0. The van der Waals surface area contributed by atoms with Crippen LogP contribution in [0.15, 0.2) is 53.4 Å². The van der Waals surface area contributed by atoms with E-state index in [0.717, 1.165) is 42.8 Å². The standard InChI is InChI=1S/C23H26N2O2S/c1-2-13-24(19-12-11-17-7-3-4-8-18(17)14-19)22(26)15-25-20-9-5-6-10-21(20)28-16-23(25)27/h3-10,19H,2,11-16H2,1H3. The molecule has 1 aliphatic heterocycles. The summed E-state index contributed by atoms with van der Waals surface area (Å²) >= 11 is 1.55. The van der Waals surface area contributed by atoms with E-state index < -0.39 is 0 Å². The fourth-order valence-corrected chi connectivity index (χ4v) is 5.19. The second kappa shape index (κ2) is 8.39. The molecule has 1 heterocycles. The second-order valence-corrected chi connectivity index (χ2v) is 8.51. The molecule has 2 amide bonds. The van der Waals surface area contributed by atoms with E-state index in [9.17, 15) is 9.59 Å². The van der Waals surface area contributed by atoms with Crippen molar-refractivity contribution >= 4 is 29.3 Å². The zero-order chi connectivity index (χ0) is 19.5. The fraction of sp³-hybridized carbons (Fsp3) is 0.391. The summed E-state index contributed by atoms with van der Waals surface area (Å²) in [5, 5.41) is 0. The number of carbonyl (C=O) groups excluding carboxylic acids is 2. The SMILES string of the molecule is CCCN(C(=O)CN1C(=O)CSc2ccccc21)C1CCc2ccccc2C1. The smallest absolute Gasteiger partial charge is 0.242 e. The summed E-state index contributed by atoms with van der Waals surface area (Å²) in [6.45, 7) is 2.98. The van der Waals surface area contributed by atoms with E-state index in [2.05, 4.69) is 31.2 Å². The van der Waals surface area contributed by atoms with Crippen molar-refractivity contribution in [2.75, 3.05) is 23.7 Å². The predicted molar refractivity (Wildman–Crippen MR) is 114 cm³/mol. The monoisotopic (exact) mass is 394 g/mol. The van der Waals surface area contributed by atoms with E-state index in [0.29, 0.717) is 5.75 Å². The summed E-state index contributed by atoms with van der Waals surface area (Å²) in [6.07, 6.45) is 3.83. The minimum absolute atomic E-state index is 0.0162. The minimum Gasteiger partial charge on any atom is -0.338 e. The number of benzene rings is 2. The van der Waals surface area contributed by atoms with Crippen molar-refractivity contribution in [2.24, 2.45) is 0 Å². The van der Waals surface area contributed by atoms with Crippen molar-refractivity contribution in [3.8, 4) is 0 Å². The topological polar surface area (TPSA) is 40.6 Å². The van der Waals surface area contributed by atoms with Crippen LogP contribution in [-0.4, -0.2) is 41.6 Å². The highest BCUT2D eigenvalue weighted by molar-refractivity contribution is 8.00. The molecule has 4 rings (SSSR count). The van der Waals surface area contributed by atoms with Gasteiger partial charge in [0.25, 0.3) is 0 Å². The number of nitrogens with zero attached hydrogens (tertiary/aromatic N) is 2. The zero-order valence-corrected chi connectivity index (χ0v) is 17.1. The molecule has 2 aromatic carbocycles. The van der Waals surface area contributed by atoms with Crippen LogP contribution in [0.4, 0.5) is 5.69 Å². The molecule has 0 fully saturated rings. The van der Waals surface area contributed by atoms with Gasteiger partial charge in [0.2, 0.25) is 11.8 Å². The molecule has 0 N–H and O–H groups in total. The average molecular weight is 395 g/mol. The first kappa shape index (κ1) is 19.1. The van der Waals surface area contributed by atoms with Gasteiger partial charge in [-0.05, 0) is 48.9 Å². The third-order valence-corrected chi connectivity index (χ3v) is 6.70. The Morgan fingerprint density at radius 2 is 1.89 bits per heavy atom. The van der Waals surface area contributed by atoms with Crippen molar-refractivity contribution in [2.45, 2.75) is 43.5 Å². The Labute approximate surface area is 170 Å². The highest BCUT2D eigenvalue weighted by atomic mass is 32.2. The summed E-state index contributed by atoms with van der Waals surface area (Å²) in [5.41, 5.74) is 3.62. The molecule has 5 heteroatoms. The number of fused-ring (bicyclic) bond motifs is 2. The van der Waals surface area contributed by atoms with Gasteiger partial charge in [-0.1, -0.05) is 43.3 Å². The van der Waals surface area contributed by atoms with Crippen LogP contribution in [0.2, 0.25) is 0 Å². The van der Waals surface area contributed by atoms with Gasteiger partial charge in [0.15, 0.2) is 0 Å². The first-order valence-electron chi connectivity index (χ1n) is 10.1. The van der Waals surface area contributed by atoms with Crippen molar-refractivity contribution in [1.82, 2.24) is 4.90 Å². The van der Waals surface area contributed by atoms with E-state index in [1.165, 1.54) is 11.1 Å². The molecule has 146 valence electrons. The Balaban J connectivity index is 1.53. The lowest BCUT2D eigenvalue weighted by atomic mass is 9.87. The van der Waals surface area contributed by atoms with Gasteiger partial charge < -0.3 is 9.80 Å². The first-order valence-corrected chi connectivity index (χ1v) is 11.0. The molecule has 0 aromatic heterocycles. The molecular formula is C23H26N2O2S. The number of aryl methyl sites for hydroxylation is 1. The Morgan fingerprint density at radius 3 is 2.71 bits per heavy atom. The highest BCUT2D eigenvalue weighted by Gasteiger charge is 2.31. The minimum atomic E-state index is 0.0162. The molecule has 2 aromatic rings.